The van der Waals surface area contributed by atoms with Gasteiger partial charge in [-0.25, -0.2) is 9.97 Å². The number of aryl methyl sites for hydroxylation is 2. The van der Waals surface area contributed by atoms with Gasteiger partial charge in [0.2, 0.25) is 5.95 Å². The standard InChI is InChI=1S/C25H26N4O/c1-17-14-18(2)27-25(26-17)29-15-20-12-13-28(16-23(20)29)24(30)22-11-7-6-10-21(22)19-8-4-3-5-9-19/h3-11,14,20,23H,12-13,15-16H2,1-2H3/t20-,23-/m1/s1. The highest BCUT2D eigenvalue weighted by molar-refractivity contribution is 6.01. The molecule has 2 saturated heterocycles. The van der Waals surface area contributed by atoms with Crippen LogP contribution in [0.4, 0.5) is 5.95 Å². The topological polar surface area (TPSA) is 49.3 Å². The lowest BCUT2D eigenvalue weighted by atomic mass is 9.82. The van der Waals surface area contributed by atoms with Crippen LogP contribution in [-0.2, 0) is 0 Å². The molecule has 0 spiro atoms. The molecule has 2 aliphatic rings. The van der Waals surface area contributed by atoms with E-state index in [4.69, 9.17) is 0 Å². The molecule has 3 heterocycles. The van der Waals surface area contributed by atoms with E-state index in [-0.39, 0.29) is 5.91 Å². The molecule has 152 valence electrons. The Labute approximate surface area is 177 Å². The molecule has 30 heavy (non-hydrogen) atoms. The number of hydrogen-bond donors (Lipinski definition) is 0. The maximum atomic E-state index is 13.5. The molecule has 0 N–H and O–H groups in total. The quantitative estimate of drug-likeness (QED) is 0.666. The van der Waals surface area contributed by atoms with Crippen molar-refractivity contribution in [2.45, 2.75) is 26.3 Å². The minimum Gasteiger partial charge on any atom is -0.337 e. The van der Waals surface area contributed by atoms with Crippen molar-refractivity contribution in [2.75, 3.05) is 24.5 Å². The van der Waals surface area contributed by atoms with Gasteiger partial charge in [0.05, 0.1) is 6.04 Å². The molecule has 2 aliphatic heterocycles. The molecule has 0 bridgehead atoms. The highest BCUT2D eigenvalue weighted by Crippen LogP contribution is 2.36. The number of carbonyl (C=O) groups is 1. The second kappa shape index (κ2) is 7.56. The van der Waals surface area contributed by atoms with Crippen molar-refractivity contribution >= 4 is 11.9 Å². The first-order chi connectivity index (χ1) is 14.6. The number of nitrogens with zero attached hydrogens (tertiary/aromatic N) is 4. The van der Waals surface area contributed by atoms with Crippen molar-refractivity contribution in [1.82, 2.24) is 14.9 Å². The Morgan fingerprint density at radius 3 is 2.40 bits per heavy atom. The van der Waals surface area contributed by atoms with Crippen LogP contribution in [0, 0.1) is 19.8 Å². The van der Waals surface area contributed by atoms with Gasteiger partial charge in [-0.3, -0.25) is 4.79 Å². The summed E-state index contributed by atoms with van der Waals surface area (Å²) in [6.45, 7) is 6.53. The zero-order valence-corrected chi connectivity index (χ0v) is 17.5. The minimum absolute atomic E-state index is 0.112. The number of benzene rings is 2. The number of hydrogen-bond acceptors (Lipinski definition) is 4. The first kappa shape index (κ1) is 18.8. The molecule has 5 heteroatoms. The fraction of sp³-hybridized carbons (Fsp3) is 0.320. The lowest BCUT2D eigenvalue weighted by molar-refractivity contribution is 0.0590. The van der Waals surface area contributed by atoms with E-state index in [2.05, 4.69) is 27.0 Å². The van der Waals surface area contributed by atoms with Crippen LogP contribution >= 0.6 is 0 Å². The number of anilines is 1. The van der Waals surface area contributed by atoms with Crippen molar-refractivity contribution in [3.05, 3.63) is 77.6 Å². The Bertz CT molecular complexity index is 1060. The lowest BCUT2D eigenvalue weighted by Gasteiger charge is -2.53. The van der Waals surface area contributed by atoms with Crippen molar-refractivity contribution in [2.24, 2.45) is 5.92 Å². The molecule has 2 fully saturated rings. The third-order valence-corrected chi connectivity index (χ3v) is 6.31. The number of piperidine rings is 1. The van der Waals surface area contributed by atoms with Crippen molar-refractivity contribution < 1.29 is 4.79 Å². The van der Waals surface area contributed by atoms with Crippen LogP contribution in [0.25, 0.3) is 11.1 Å². The molecule has 0 aliphatic carbocycles. The van der Waals surface area contributed by atoms with Gasteiger partial charge in [0.1, 0.15) is 0 Å². The predicted molar refractivity (Wildman–Crippen MR) is 119 cm³/mol. The fourth-order valence-electron chi connectivity index (χ4n) is 4.76. The number of carbonyl (C=O) groups excluding carboxylic acids is 1. The Kier molecular flexibility index (Phi) is 4.74. The van der Waals surface area contributed by atoms with Crippen LogP contribution in [-0.4, -0.2) is 46.5 Å². The molecular weight excluding hydrogens is 372 g/mol. The molecule has 0 radical (unpaired) electrons. The molecule has 2 atom stereocenters. The Balaban J connectivity index is 1.38. The SMILES string of the molecule is Cc1cc(C)nc(N2C[C@H]3CCN(C(=O)c4ccccc4-c4ccccc4)C[C@H]32)n1. The van der Waals surface area contributed by atoms with E-state index in [1.54, 1.807) is 0 Å². The third-order valence-electron chi connectivity index (χ3n) is 6.31. The van der Waals surface area contributed by atoms with Gasteiger partial charge in [0, 0.05) is 42.5 Å². The van der Waals surface area contributed by atoms with Crippen molar-refractivity contribution in [3.63, 3.8) is 0 Å². The highest BCUT2D eigenvalue weighted by Gasteiger charge is 2.45. The first-order valence-electron chi connectivity index (χ1n) is 10.6. The van der Waals surface area contributed by atoms with E-state index in [0.717, 1.165) is 60.1 Å². The van der Waals surface area contributed by atoms with Crippen LogP contribution in [0.2, 0.25) is 0 Å². The zero-order chi connectivity index (χ0) is 20.7. The van der Waals surface area contributed by atoms with Gasteiger partial charge in [-0.2, -0.15) is 0 Å². The number of likely N-dealkylation sites (tertiary alicyclic amines) is 1. The van der Waals surface area contributed by atoms with Gasteiger partial charge in [-0.15, -0.1) is 0 Å². The normalized spacial score (nSPS) is 20.5. The van der Waals surface area contributed by atoms with Gasteiger partial charge in [0.15, 0.2) is 0 Å². The van der Waals surface area contributed by atoms with Gasteiger partial charge in [-0.1, -0.05) is 48.5 Å². The van der Waals surface area contributed by atoms with E-state index in [1.165, 1.54) is 0 Å². The molecule has 5 nitrogen and oxygen atoms in total. The summed E-state index contributed by atoms with van der Waals surface area (Å²) < 4.78 is 0. The number of amides is 1. The smallest absolute Gasteiger partial charge is 0.254 e. The van der Waals surface area contributed by atoms with E-state index in [9.17, 15) is 4.79 Å². The average molecular weight is 399 g/mol. The lowest BCUT2D eigenvalue weighted by Crippen LogP contribution is -2.65. The Hall–Kier alpha value is -3.21. The molecular formula is C25H26N4O. The van der Waals surface area contributed by atoms with E-state index < -0.39 is 0 Å². The first-order valence-corrected chi connectivity index (χ1v) is 10.6. The van der Waals surface area contributed by atoms with Gasteiger partial charge < -0.3 is 9.80 Å². The van der Waals surface area contributed by atoms with E-state index in [1.807, 2.05) is 67.3 Å². The maximum absolute atomic E-state index is 13.5. The fourth-order valence-corrected chi connectivity index (χ4v) is 4.76. The van der Waals surface area contributed by atoms with E-state index in [0.29, 0.717) is 12.0 Å². The highest BCUT2D eigenvalue weighted by atomic mass is 16.2. The molecule has 1 amide bonds. The van der Waals surface area contributed by atoms with Crippen LogP contribution < -0.4 is 4.90 Å². The summed E-state index contributed by atoms with van der Waals surface area (Å²) >= 11 is 0. The number of rotatable bonds is 3. The molecule has 0 unspecified atom stereocenters. The Morgan fingerprint density at radius 1 is 0.933 bits per heavy atom. The average Bonchev–Trinajstić information content (AvgIpc) is 2.74. The van der Waals surface area contributed by atoms with Crippen molar-refractivity contribution in [1.29, 1.82) is 0 Å². The molecule has 1 aromatic heterocycles. The summed E-state index contributed by atoms with van der Waals surface area (Å²) in [5, 5.41) is 0. The summed E-state index contributed by atoms with van der Waals surface area (Å²) in [6.07, 6.45) is 1.03. The van der Waals surface area contributed by atoms with Crippen LogP contribution in [0.15, 0.2) is 60.7 Å². The van der Waals surface area contributed by atoms with Gasteiger partial charge >= 0.3 is 0 Å². The van der Waals surface area contributed by atoms with E-state index >= 15 is 0 Å². The summed E-state index contributed by atoms with van der Waals surface area (Å²) in [7, 11) is 0. The van der Waals surface area contributed by atoms with Crippen LogP contribution in [0.1, 0.15) is 28.2 Å². The maximum Gasteiger partial charge on any atom is 0.254 e. The molecule has 0 saturated carbocycles. The van der Waals surface area contributed by atoms with Crippen LogP contribution in [0.3, 0.4) is 0 Å². The largest absolute Gasteiger partial charge is 0.337 e. The number of aromatic nitrogens is 2. The van der Waals surface area contributed by atoms with Crippen molar-refractivity contribution in [3.8, 4) is 11.1 Å². The van der Waals surface area contributed by atoms with Gasteiger partial charge in [0.25, 0.3) is 5.91 Å². The summed E-state index contributed by atoms with van der Waals surface area (Å²) in [6, 6.07) is 20.4. The predicted octanol–water partition coefficient (Wildman–Crippen LogP) is 4.11. The Morgan fingerprint density at radius 2 is 1.63 bits per heavy atom. The van der Waals surface area contributed by atoms with Gasteiger partial charge in [-0.05, 0) is 43.5 Å². The molecule has 2 aromatic carbocycles. The summed E-state index contributed by atoms with van der Waals surface area (Å²) in [5.41, 5.74) is 4.82. The number of fused-ring (bicyclic) bond motifs is 1. The monoisotopic (exact) mass is 398 g/mol. The molecule has 3 aromatic rings. The third kappa shape index (κ3) is 3.34. The second-order valence-electron chi connectivity index (χ2n) is 8.38. The van der Waals surface area contributed by atoms with Crippen LogP contribution in [0.5, 0.6) is 0 Å². The summed E-state index contributed by atoms with van der Waals surface area (Å²) in [5.74, 6) is 1.52. The molecule has 5 rings (SSSR count). The second-order valence-corrected chi connectivity index (χ2v) is 8.38. The summed E-state index contributed by atoms with van der Waals surface area (Å²) in [4.78, 5) is 27.1. The minimum atomic E-state index is 0.112. The zero-order valence-electron chi connectivity index (χ0n) is 17.5.